The summed E-state index contributed by atoms with van der Waals surface area (Å²) < 4.78 is 0. The Morgan fingerprint density at radius 1 is 1.19 bits per heavy atom. The van der Waals surface area contributed by atoms with E-state index in [0.717, 1.165) is 47.0 Å². The SMILES string of the molecule is CCCNc1nc(C2CC2)nc(-c2cncc(C)c2)c1C. The number of aromatic nitrogens is 3. The Kier molecular flexibility index (Phi) is 3.86. The Morgan fingerprint density at radius 2 is 2.00 bits per heavy atom. The quantitative estimate of drug-likeness (QED) is 0.905. The largest absolute Gasteiger partial charge is 0.370 e. The number of nitrogens with one attached hydrogen (secondary N) is 1. The fourth-order valence-corrected chi connectivity index (χ4v) is 2.44. The zero-order valence-corrected chi connectivity index (χ0v) is 13.0. The Labute approximate surface area is 126 Å². The van der Waals surface area contributed by atoms with E-state index in [1.54, 1.807) is 0 Å². The highest BCUT2D eigenvalue weighted by Crippen LogP contribution is 2.40. The third-order valence-electron chi connectivity index (χ3n) is 3.80. The number of nitrogens with zero attached hydrogens (tertiary/aromatic N) is 3. The van der Waals surface area contributed by atoms with E-state index in [1.807, 2.05) is 12.4 Å². The van der Waals surface area contributed by atoms with Crippen LogP contribution in [-0.2, 0) is 0 Å². The average Bonchev–Trinajstić information content (AvgIpc) is 3.31. The summed E-state index contributed by atoms with van der Waals surface area (Å²) in [6, 6.07) is 2.14. The lowest BCUT2D eigenvalue weighted by Crippen LogP contribution is -2.08. The summed E-state index contributed by atoms with van der Waals surface area (Å²) in [5, 5.41) is 3.44. The van der Waals surface area contributed by atoms with E-state index in [4.69, 9.17) is 9.97 Å². The molecule has 0 bridgehead atoms. The molecule has 3 rings (SSSR count). The minimum absolute atomic E-state index is 0.546. The smallest absolute Gasteiger partial charge is 0.134 e. The molecule has 1 saturated carbocycles. The number of rotatable bonds is 5. The first-order valence-corrected chi connectivity index (χ1v) is 7.73. The van der Waals surface area contributed by atoms with Crippen molar-refractivity contribution in [3.63, 3.8) is 0 Å². The predicted molar refractivity (Wildman–Crippen MR) is 85.5 cm³/mol. The Bertz CT molecular complexity index is 647. The molecule has 1 aliphatic rings. The number of aryl methyl sites for hydroxylation is 1. The monoisotopic (exact) mass is 282 g/mol. The minimum Gasteiger partial charge on any atom is -0.370 e. The van der Waals surface area contributed by atoms with Crippen LogP contribution in [0.2, 0.25) is 0 Å². The van der Waals surface area contributed by atoms with Crippen molar-refractivity contribution in [2.75, 3.05) is 11.9 Å². The zero-order chi connectivity index (χ0) is 14.8. The van der Waals surface area contributed by atoms with Crippen molar-refractivity contribution >= 4 is 5.82 Å². The average molecular weight is 282 g/mol. The van der Waals surface area contributed by atoms with Gasteiger partial charge in [0.05, 0.1) is 5.69 Å². The maximum atomic E-state index is 4.82. The molecule has 1 fully saturated rings. The fraction of sp³-hybridized carbons (Fsp3) is 0.471. The first-order valence-electron chi connectivity index (χ1n) is 7.73. The predicted octanol–water partition coefficient (Wildman–Crippen LogP) is 3.85. The molecule has 1 aliphatic carbocycles. The highest BCUT2D eigenvalue weighted by molar-refractivity contribution is 5.68. The number of hydrogen-bond acceptors (Lipinski definition) is 4. The second-order valence-corrected chi connectivity index (χ2v) is 5.86. The minimum atomic E-state index is 0.546. The van der Waals surface area contributed by atoms with Gasteiger partial charge in [-0.15, -0.1) is 0 Å². The van der Waals surface area contributed by atoms with Gasteiger partial charge in [0.25, 0.3) is 0 Å². The first kappa shape index (κ1) is 14.0. The molecule has 4 heteroatoms. The molecule has 0 aromatic carbocycles. The molecule has 0 aliphatic heterocycles. The summed E-state index contributed by atoms with van der Waals surface area (Å²) in [5.74, 6) is 2.50. The van der Waals surface area contributed by atoms with Crippen molar-refractivity contribution in [1.29, 1.82) is 0 Å². The highest BCUT2D eigenvalue weighted by Gasteiger charge is 2.28. The van der Waals surface area contributed by atoms with Gasteiger partial charge in [-0.25, -0.2) is 9.97 Å². The molecule has 0 unspecified atom stereocenters. The third-order valence-corrected chi connectivity index (χ3v) is 3.80. The van der Waals surface area contributed by atoms with Crippen LogP contribution in [-0.4, -0.2) is 21.5 Å². The van der Waals surface area contributed by atoms with Crippen LogP contribution < -0.4 is 5.32 Å². The van der Waals surface area contributed by atoms with E-state index in [9.17, 15) is 0 Å². The lowest BCUT2D eigenvalue weighted by molar-refractivity contribution is 0.902. The summed E-state index contributed by atoms with van der Waals surface area (Å²) in [5.41, 5.74) is 4.36. The molecule has 4 nitrogen and oxygen atoms in total. The standard InChI is InChI=1S/C17H22N4/c1-4-7-19-16-12(3)15(14-8-11(2)9-18-10-14)20-17(21-16)13-5-6-13/h8-10,13H,4-7H2,1-3H3,(H,19,20,21). The normalized spacial score (nSPS) is 14.2. The van der Waals surface area contributed by atoms with Crippen LogP contribution in [0.15, 0.2) is 18.5 Å². The molecular weight excluding hydrogens is 260 g/mol. The molecule has 2 aromatic rings. The van der Waals surface area contributed by atoms with E-state index in [1.165, 1.54) is 12.8 Å². The van der Waals surface area contributed by atoms with Crippen LogP contribution in [0.4, 0.5) is 5.82 Å². The highest BCUT2D eigenvalue weighted by atomic mass is 15.0. The van der Waals surface area contributed by atoms with Crippen LogP contribution in [0.3, 0.4) is 0 Å². The van der Waals surface area contributed by atoms with Gasteiger partial charge in [0.15, 0.2) is 0 Å². The Balaban J connectivity index is 2.07. The Morgan fingerprint density at radius 3 is 2.67 bits per heavy atom. The zero-order valence-electron chi connectivity index (χ0n) is 13.0. The third kappa shape index (κ3) is 3.04. The number of pyridine rings is 1. The van der Waals surface area contributed by atoms with Gasteiger partial charge in [-0.3, -0.25) is 4.98 Å². The summed E-state index contributed by atoms with van der Waals surface area (Å²) in [6.45, 7) is 7.25. The molecule has 0 saturated heterocycles. The lowest BCUT2D eigenvalue weighted by Gasteiger charge is -2.14. The number of anilines is 1. The van der Waals surface area contributed by atoms with Crippen molar-refractivity contribution in [2.45, 2.75) is 46.0 Å². The van der Waals surface area contributed by atoms with Crippen LogP contribution in [0.25, 0.3) is 11.3 Å². The molecular formula is C17H22N4. The van der Waals surface area contributed by atoms with E-state index in [2.05, 4.69) is 37.1 Å². The van der Waals surface area contributed by atoms with Crippen molar-refractivity contribution in [3.8, 4) is 11.3 Å². The molecule has 1 N–H and O–H groups in total. The van der Waals surface area contributed by atoms with Crippen molar-refractivity contribution in [3.05, 3.63) is 35.4 Å². The molecule has 110 valence electrons. The van der Waals surface area contributed by atoms with Crippen LogP contribution in [0.1, 0.15) is 49.1 Å². The van der Waals surface area contributed by atoms with E-state index < -0.39 is 0 Å². The van der Waals surface area contributed by atoms with Gasteiger partial charge in [0.2, 0.25) is 0 Å². The summed E-state index contributed by atoms with van der Waals surface area (Å²) >= 11 is 0. The Hall–Kier alpha value is -1.97. The maximum absolute atomic E-state index is 4.82. The topological polar surface area (TPSA) is 50.7 Å². The van der Waals surface area contributed by atoms with Gasteiger partial charge in [0, 0.05) is 36.0 Å². The van der Waals surface area contributed by atoms with Crippen LogP contribution in [0.5, 0.6) is 0 Å². The fourth-order valence-electron chi connectivity index (χ4n) is 2.44. The second kappa shape index (κ2) is 5.80. The first-order chi connectivity index (χ1) is 10.2. The van der Waals surface area contributed by atoms with E-state index >= 15 is 0 Å². The number of hydrogen-bond donors (Lipinski definition) is 1. The van der Waals surface area contributed by atoms with Gasteiger partial charge in [-0.05, 0) is 44.7 Å². The van der Waals surface area contributed by atoms with Crippen molar-refractivity contribution < 1.29 is 0 Å². The van der Waals surface area contributed by atoms with Gasteiger partial charge in [0.1, 0.15) is 11.6 Å². The van der Waals surface area contributed by atoms with Gasteiger partial charge in [-0.2, -0.15) is 0 Å². The van der Waals surface area contributed by atoms with Crippen LogP contribution in [0, 0.1) is 13.8 Å². The van der Waals surface area contributed by atoms with Crippen molar-refractivity contribution in [1.82, 2.24) is 15.0 Å². The molecule has 21 heavy (non-hydrogen) atoms. The maximum Gasteiger partial charge on any atom is 0.134 e. The summed E-state index contributed by atoms with van der Waals surface area (Å²) in [6.07, 6.45) is 7.27. The summed E-state index contributed by atoms with van der Waals surface area (Å²) in [4.78, 5) is 13.9. The molecule has 0 amide bonds. The summed E-state index contributed by atoms with van der Waals surface area (Å²) in [7, 11) is 0. The van der Waals surface area contributed by atoms with Crippen molar-refractivity contribution in [2.24, 2.45) is 0 Å². The van der Waals surface area contributed by atoms with Gasteiger partial charge in [-0.1, -0.05) is 6.92 Å². The lowest BCUT2D eigenvalue weighted by atomic mass is 10.1. The molecule has 0 spiro atoms. The van der Waals surface area contributed by atoms with Gasteiger partial charge < -0.3 is 5.32 Å². The molecule has 0 radical (unpaired) electrons. The van der Waals surface area contributed by atoms with E-state index in [-0.39, 0.29) is 0 Å². The second-order valence-electron chi connectivity index (χ2n) is 5.86. The molecule has 2 heterocycles. The molecule has 0 atom stereocenters. The molecule has 2 aromatic heterocycles. The van der Waals surface area contributed by atoms with Gasteiger partial charge >= 0.3 is 0 Å². The van der Waals surface area contributed by atoms with E-state index in [0.29, 0.717) is 5.92 Å². The van der Waals surface area contributed by atoms with Crippen LogP contribution >= 0.6 is 0 Å².